The Morgan fingerprint density at radius 1 is 1.16 bits per heavy atom. The Morgan fingerprint density at radius 2 is 1.79 bits per heavy atom. The molecule has 0 spiro atoms. The van der Waals surface area contributed by atoms with E-state index >= 15 is 0 Å². The molecule has 1 aromatic heterocycles. The molecular weight excluding hydrogens is 250 g/mol. The van der Waals surface area contributed by atoms with Crippen LogP contribution in [0, 0.1) is 10.1 Å². The van der Waals surface area contributed by atoms with Crippen LogP contribution in [0.4, 0.5) is 5.69 Å². The Bertz CT molecular complexity index is 728. The van der Waals surface area contributed by atoms with E-state index in [0.29, 0.717) is 5.56 Å². The van der Waals surface area contributed by atoms with Gasteiger partial charge >= 0.3 is 5.69 Å². The third kappa shape index (κ3) is 2.59. The summed E-state index contributed by atoms with van der Waals surface area (Å²) in [5.41, 5.74) is -0.208. The first-order chi connectivity index (χ1) is 8.99. The Morgan fingerprint density at radius 3 is 2.37 bits per heavy atom. The summed E-state index contributed by atoms with van der Waals surface area (Å²) in [5, 5.41) is 10.5. The van der Waals surface area contributed by atoms with Crippen molar-refractivity contribution in [2.24, 2.45) is 7.05 Å². The van der Waals surface area contributed by atoms with Crippen LogP contribution in [0.2, 0.25) is 0 Å². The summed E-state index contributed by atoms with van der Waals surface area (Å²) >= 11 is 0. The maximum Gasteiger partial charge on any atom is 0.331 e. The quantitative estimate of drug-likeness (QED) is 0.594. The van der Waals surface area contributed by atoms with Crippen molar-refractivity contribution in [2.45, 2.75) is 6.54 Å². The van der Waals surface area contributed by atoms with Crippen LogP contribution >= 0.6 is 0 Å². The van der Waals surface area contributed by atoms with Gasteiger partial charge in [0.1, 0.15) is 0 Å². The molecule has 0 amide bonds. The topological polar surface area (TPSA) is 87.1 Å². The van der Waals surface area contributed by atoms with Crippen LogP contribution in [0.1, 0.15) is 5.56 Å². The average Bonchev–Trinajstić information content (AvgIpc) is 2.40. The van der Waals surface area contributed by atoms with E-state index in [1.54, 1.807) is 7.05 Å². The molecule has 1 heterocycles. The number of nitro benzene ring substituents is 1. The second kappa shape index (κ2) is 4.89. The zero-order valence-corrected chi connectivity index (χ0v) is 10.1. The van der Waals surface area contributed by atoms with Gasteiger partial charge in [-0.05, 0) is 5.56 Å². The molecule has 7 nitrogen and oxygen atoms in total. The maximum atomic E-state index is 11.8. The first-order valence-electron chi connectivity index (χ1n) is 5.49. The molecule has 2 rings (SSSR count). The van der Waals surface area contributed by atoms with Gasteiger partial charge in [0, 0.05) is 31.4 Å². The molecule has 2 aromatic rings. The van der Waals surface area contributed by atoms with Gasteiger partial charge in [0.15, 0.2) is 0 Å². The highest BCUT2D eigenvalue weighted by Crippen LogP contribution is 2.11. The number of aromatic nitrogens is 2. The Kier molecular flexibility index (Phi) is 3.28. The predicted octanol–water partition coefficient (Wildman–Crippen LogP) is 0.503. The smallest absolute Gasteiger partial charge is 0.303 e. The van der Waals surface area contributed by atoms with Crippen LogP contribution in [0.5, 0.6) is 0 Å². The lowest BCUT2D eigenvalue weighted by Gasteiger charge is -2.06. The molecule has 19 heavy (non-hydrogen) atoms. The lowest BCUT2D eigenvalue weighted by atomic mass is 10.2. The number of benzene rings is 1. The first-order valence-corrected chi connectivity index (χ1v) is 5.49. The van der Waals surface area contributed by atoms with E-state index < -0.39 is 16.2 Å². The number of hydrogen-bond donors (Lipinski definition) is 0. The molecule has 0 saturated carbocycles. The van der Waals surface area contributed by atoms with Gasteiger partial charge < -0.3 is 4.57 Å². The van der Waals surface area contributed by atoms with Gasteiger partial charge in [0.05, 0.1) is 11.5 Å². The highest BCUT2D eigenvalue weighted by Gasteiger charge is 2.07. The van der Waals surface area contributed by atoms with Gasteiger partial charge in [-0.2, -0.15) is 0 Å². The summed E-state index contributed by atoms with van der Waals surface area (Å²) in [6.07, 6.45) is 1.40. The fourth-order valence-electron chi connectivity index (χ4n) is 1.67. The highest BCUT2D eigenvalue weighted by atomic mass is 16.6. The summed E-state index contributed by atoms with van der Waals surface area (Å²) in [5.74, 6) is 0. The van der Waals surface area contributed by atoms with Crippen molar-refractivity contribution in [1.29, 1.82) is 0 Å². The fraction of sp³-hybridized carbons (Fsp3) is 0.167. The largest absolute Gasteiger partial charge is 0.331 e. The molecule has 0 saturated heterocycles. The van der Waals surface area contributed by atoms with Crippen LogP contribution in [0.15, 0.2) is 46.1 Å². The van der Waals surface area contributed by atoms with E-state index in [2.05, 4.69) is 0 Å². The van der Waals surface area contributed by atoms with E-state index in [-0.39, 0.29) is 12.2 Å². The fourth-order valence-corrected chi connectivity index (χ4v) is 1.67. The lowest BCUT2D eigenvalue weighted by Crippen LogP contribution is -2.38. The lowest BCUT2D eigenvalue weighted by molar-refractivity contribution is -0.384. The standard InChI is InChI=1S/C12H11N3O4/c1-13-7-6-11(16)14(12(13)17)8-9-2-4-10(5-3-9)15(18)19/h2-7H,8H2,1H3. The predicted molar refractivity (Wildman–Crippen MR) is 68.1 cm³/mol. The second-order valence-corrected chi connectivity index (χ2v) is 4.06. The molecule has 1 aromatic carbocycles. The molecule has 0 atom stereocenters. The summed E-state index contributed by atoms with van der Waals surface area (Å²) < 4.78 is 2.37. The molecule has 0 bridgehead atoms. The van der Waals surface area contributed by atoms with Crippen molar-refractivity contribution in [3.05, 3.63) is 73.0 Å². The van der Waals surface area contributed by atoms with Crippen LogP contribution < -0.4 is 11.2 Å². The second-order valence-electron chi connectivity index (χ2n) is 4.06. The number of non-ortho nitro benzene ring substituents is 1. The van der Waals surface area contributed by atoms with Crippen LogP contribution in [0.25, 0.3) is 0 Å². The highest BCUT2D eigenvalue weighted by molar-refractivity contribution is 5.32. The van der Waals surface area contributed by atoms with Crippen molar-refractivity contribution < 1.29 is 4.92 Å². The normalized spacial score (nSPS) is 10.4. The van der Waals surface area contributed by atoms with Crippen molar-refractivity contribution in [3.63, 3.8) is 0 Å². The van der Waals surface area contributed by atoms with Gasteiger partial charge in [0.2, 0.25) is 0 Å². The first kappa shape index (κ1) is 12.7. The van der Waals surface area contributed by atoms with E-state index in [9.17, 15) is 19.7 Å². The van der Waals surface area contributed by atoms with Crippen LogP contribution in [-0.2, 0) is 13.6 Å². The zero-order valence-electron chi connectivity index (χ0n) is 10.1. The number of aryl methyl sites for hydroxylation is 1. The monoisotopic (exact) mass is 261 g/mol. The minimum absolute atomic E-state index is 0.0305. The summed E-state index contributed by atoms with van der Waals surface area (Å²) in [6.45, 7) is 0.0876. The number of nitrogens with zero attached hydrogens (tertiary/aromatic N) is 3. The van der Waals surface area contributed by atoms with Crippen molar-refractivity contribution in [3.8, 4) is 0 Å². The van der Waals surface area contributed by atoms with Crippen LogP contribution in [0.3, 0.4) is 0 Å². The number of hydrogen-bond acceptors (Lipinski definition) is 4. The number of rotatable bonds is 3. The Balaban J connectivity index is 2.37. The van der Waals surface area contributed by atoms with Gasteiger partial charge in [-0.1, -0.05) is 12.1 Å². The molecule has 0 unspecified atom stereocenters. The molecule has 0 aliphatic carbocycles. The molecule has 7 heteroatoms. The Hall–Kier alpha value is -2.70. The third-order valence-corrected chi connectivity index (χ3v) is 2.73. The molecule has 0 radical (unpaired) electrons. The summed E-state index contributed by atoms with van der Waals surface area (Å²) in [7, 11) is 1.55. The average molecular weight is 261 g/mol. The minimum Gasteiger partial charge on any atom is -0.303 e. The summed E-state index contributed by atoms with van der Waals surface area (Å²) in [4.78, 5) is 33.4. The minimum atomic E-state index is -0.502. The van der Waals surface area contributed by atoms with Gasteiger partial charge in [-0.15, -0.1) is 0 Å². The molecule has 98 valence electrons. The maximum absolute atomic E-state index is 11.8. The van der Waals surface area contributed by atoms with Crippen molar-refractivity contribution in [1.82, 2.24) is 9.13 Å². The van der Waals surface area contributed by atoms with Crippen molar-refractivity contribution >= 4 is 5.69 Å². The van der Waals surface area contributed by atoms with Gasteiger partial charge in [0.25, 0.3) is 11.2 Å². The van der Waals surface area contributed by atoms with Gasteiger partial charge in [-0.3, -0.25) is 19.5 Å². The van der Waals surface area contributed by atoms with E-state index in [4.69, 9.17) is 0 Å². The van der Waals surface area contributed by atoms with Crippen molar-refractivity contribution in [2.75, 3.05) is 0 Å². The molecule has 0 N–H and O–H groups in total. The third-order valence-electron chi connectivity index (χ3n) is 2.73. The molecule has 0 aliphatic heterocycles. The Labute approximate surface area is 107 Å². The van der Waals surface area contributed by atoms with Crippen LogP contribution in [-0.4, -0.2) is 14.1 Å². The van der Waals surface area contributed by atoms with E-state index in [1.807, 2.05) is 0 Å². The number of nitro groups is 1. The zero-order chi connectivity index (χ0) is 14.0. The SMILES string of the molecule is Cn1ccc(=O)n(Cc2ccc([N+](=O)[O-])cc2)c1=O. The molecular formula is C12H11N3O4. The molecule has 0 aliphatic rings. The molecule has 0 fully saturated rings. The van der Waals surface area contributed by atoms with E-state index in [1.165, 1.54) is 41.1 Å². The summed E-state index contributed by atoms with van der Waals surface area (Å²) in [6, 6.07) is 7.03. The van der Waals surface area contributed by atoms with E-state index in [0.717, 1.165) is 4.57 Å². The van der Waals surface area contributed by atoms with Gasteiger partial charge in [-0.25, -0.2) is 4.79 Å².